The van der Waals surface area contributed by atoms with E-state index in [1.54, 1.807) is 55.5 Å². The van der Waals surface area contributed by atoms with Crippen molar-refractivity contribution >= 4 is 40.1 Å². The largest absolute Gasteiger partial charge is 0.493 e. The van der Waals surface area contributed by atoms with Crippen LogP contribution in [0.25, 0.3) is 22.3 Å². The highest BCUT2D eigenvalue weighted by Crippen LogP contribution is 2.37. The minimum absolute atomic E-state index is 0.115. The Kier molecular flexibility index (Phi) is 9.52. The first-order chi connectivity index (χ1) is 19.7. The first-order valence-electron chi connectivity index (χ1n) is 12.9. The van der Waals surface area contributed by atoms with E-state index in [-0.39, 0.29) is 16.9 Å². The van der Waals surface area contributed by atoms with Gasteiger partial charge in [-0.2, -0.15) is 0 Å². The van der Waals surface area contributed by atoms with Gasteiger partial charge in [-0.25, -0.2) is 4.79 Å². The van der Waals surface area contributed by atoms with Gasteiger partial charge in [0.2, 0.25) is 11.2 Å². The molecule has 0 saturated heterocycles. The second-order valence-corrected chi connectivity index (χ2v) is 9.57. The zero-order valence-corrected chi connectivity index (χ0v) is 23.9. The third kappa shape index (κ3) is 6.81. The smallest absolute Gasteiger partial charge is 0.338 e. The van der Waals surface area contributed by atoms with Crippen molar-refractivity contribution in [2.45, 2.75) is 26.7 Å². The van der Waals surface area contributed by atoms with Gasteiger partial charge < -0.3 is 28.7 Å². The predicted molar refractivity (Wildman–Crippen MR) is 157 cm³/mol. The van der Waals surface area contributed by atoms with Gasteiger partial charge >= 0.3 is 5.97 Å². The average molecular weight is 580 g/mol. The van der Waals surface area contributed by atoms with Gasteiger partial charge in [-0.15, -0.1) is 0 Å². The highest BCUT2D eigenvalue weighted by molar-refractivity contribution is 6.32. The van der Waals surface area contributed by atoms with Crippen molar-refractivity contribution < 1.29 is 33.0 Å². The van der Waals surface area contributed by atoms with Gasteiger partial charge in [0.25, 0.3) is 5.91 Å². The van der Waals surface area contributed by atoms with Gasteiger partial charge in [-0.05, 0) is 73.5 Å². The quantitative estimate of drug-likeness (QED) is 0.160. The second kappa shape index (κ2) is 13.2. The topological polar surface area (TPSA) is 113 Å². The van der Waals surface area contributed by atoms with Gasteiger partial charge in [-0.1, -0.05) is 24.9 Å². The van der Waals surface area contributed by atoms with Crippen molar-refractivity contribution in [3.05, 3.63) is 81.0 Å². The Morgan fingerprint density at radius 2 is 1.71 bits per heavy atom. The summed E-state index contributed by atoms with van der Waals surface area (Å²) in [6.45, 7) is 3.67. The number of hydrogen-bond acceptors (Lipinski definition) is 8. The molecule has 0 aliphatic carbocycles. The zero-order valence-electron chi connectivity index (χ0n) is 23.2. The van der Waals surface area contributed by atoms with Crippen molar-refractivity contribution in [3.63, 3.8) is 0 Å². The monoisotopic (exact) mass is 579 g/mol. The maximum absolute atomic E-state index is 13.6. The fraction of sp³-hybridized carbons (Fsp3) is 0.258. The molecule has 214 valence electrons. The van der Waals surface area contributed by atoms with Crippen LogP contribution in [-0.2, 0) is 9.53 Å². The van der Waals surface area contributed by atoms with Crippen molar-refractivity contribution in [3.8, 4) is 28.6 Å². The van der Waals surface area contributed by atoms with E-state index in [2.05, 4.69) is 5.32 Å². The Hall–Kier alpha value is -4.50. The normalized spacial score (nSPS) is 10.8. The highest BCUT2D eigenvalue weighted by Gasteiger charge is 2.21. The Bertz CT molecular complexity index is 1630. The Balaban J connectivity index is 1.59. The molecule has 10 heteroatoms. The number of ether oxygens (including phenoxy) is 4. The first-order valence-corrected chi connectivity index (χ1v) is 13.3. The number of rotatable bonds is 11. The van der Waals surface area contributed by atoms with Crippen LogP contribution in [0.4, 0.5) is 5.69 Å². The zero-order chi connectivity index (χ0) is 29.5. The summed E-state index contributed by atoms with van der Waals surface area (Å²) >= 11 is 6.28. The van der Waals surface area contributed by atoms with E-state index in [0.717, 1.165) is 18.4 Å². The molecule has 1 N–H and O–H groups in total. The van der Waals surface area contributed by atoms with Crippen molar-refractivity contribution in [2.24, 2.45) is 0 Å². The lowest BCUT2D eigenvalue weighted by atomic mass is 10.1. The van der Waals surface area contributed by atoms with Gasteiger partial charge in [0.1, 0.15) is 5.58 Å². The minimum Gasteiger partial charge on any atom is -0.493 e. The number of fused-ring (bicyclic) bond motifs is 1. The lowest BCUT2D eigenvalue weighted by Gasteiger charge is -2.14. The van der Waals surface area contributed by atoms with Crippen LogP contribution in [0.1, 0.15) is 35.7 Å². The lowest BCUT2D eigenvalue weighted by molar-refractivity contribution is -0.118. The molecule has 1 amide bonds. The molecule has 0 spiro atoms. The maximum Gasteiger partial charge on any atom is 0.338 e. The summed E-state index contributed by atoms with van der Waals surface area (Å²) in [5, 5.41) is 3.29. The molecule has 41 heavy (non-hydrogen) atoms. The van der Waals surface area contributed by atoms with E-state index in [0.29, 0.717) is 45.5 Å². The molecule has 4 rings (SSSR count). The number of amides is 1. The summed E-state index contributed by atoms with van der Waals surface area (Å²) in [5.41, 5.74) is 1.85. The Morgan fingerprint density at radius 3 is 2.39 bits per heavy atom. The van der Waals surface area contributed by atoms with Crippen LogP contribution >= 0.6 is 11.6 Å². The molecule has 0 radical (unpaired) electrons. The van der Waals surface area contributed by atoms with Crippen LogP contribution in [0.3, 0.4) is 0 Å². The number of methoxy groups -OCH3 is 2. The summed E-state index contributed by atoms with van der Waals surface area (Å²) in [4.78, 5) is 38.4. The molecular weight excluding hydrogens is 550 g/mol. The van der Waals surface area contributed by atoms with Crippen LogP contribution < -0.4 is 25.0 Å². The molecule has 9 nitrogen and oxygen atoms in total. The van der Waals surface area contributed by atoms with E-state index >= 15 is 0 Å². The van der Waals surface area contributed by atoms with E-state index in [1.165, 1.54) is 20.3 Å². The molecular formula is C31H30ClNO8. The summed E-state index contributed by atoms with van der Waals surface area (Å²) < 4.78 is 27.8. The summed E-state index contributed by atoms with van der Waals surface area (Å²) in [6.07, 6.45) is 1.71. The van der Waals surface area contributed by atoms with Gasteiger partial charge in [0.05, 0.1) is 31.8 Å². The van der Waals surface area contributed by atoms with Crippen LogP contribution in [0.2, 0.25) is 5.02 Å². The molecule has 0 aliphatic heterocycles. The van der Waals surface area contributed by atoms with Gasteiger partial charge in [0.15, 0.2) is 23.9 Å². The summed E-state index contributed by atoms with van der Waals surface area (Å²) in [5.74, 6) is -0.0944. The van der Waals surface area contributed by atoms with E-state index in [9.17, 15) is 14.4 Å². The number of hydrogen-bond donors (Lipinski definition) is 1. The first kappa shape index (κ1) is 29.5. The van der Waals surface area contributed by atoms with E-state index in [1.807, 2.05) is 6.92 Å². The number of halogens is 1. The van der Waals surface area contributed by atoms with Crippen molar-refractivity contribution in [1.82, 2.24) is 0 Å². The highest BCUT2D eigenvalue weighted by atomic mass is 35.5. The molecule has 1 heterocycles. The molecule has 0 atom stereocenters. The minimum atomic E-state index is -0.525. The van der Waals surface area contributed by atoms with Crippen LogP contribution in [0.5, 0.6) is 17.2 Å². The molecule has 0 saturated carbocycles. The summed E-state index contributed by atoms with van der Waals surface area (Å²) in [7, 11) is 3.01. The van der Waals surface area contributed by atoms with Crippen molar-refractivity contribution in [1.29, 1.82) is 0 Å². The number of anilines is 1. The SMILES string of the molecule is CCCCOC(=O)c1ccc(NC(=O)COc2c(-c3ccc(OC)c(OC)c3)oc3cc(C)c(Cl)cc3c2=O)cc1. The molecule has 0 unspecified atom stereocenters. The fourth-order valence-corrected chi connectivity index (χ4v) is 4.18. The predicted octanol–water partition coefficient (Wildman–Crippen LogP) is 6.41. The summed E-state index contributed by atoms with van der Waals surface area (Å²) in [6, 6.07) is 14.5. The van der Waals surface area contributed by atoms with Crippen molar-refractivity contribution in [2.75, 3.05) is 32.8 Å². The molecule has 0 bridgehead atoms. The molecule has 1 aromatic heterocycles. The third-order valence-corrected chi connectivity index (χ3v) is 6.67. The van der Waals surface area contributed by atoms with Crippen LogP contribution in [-0.4, -0.2) is 39.3 Å². The molecule has 3 aromatic carbocycles. The Morgan fingerprint density at radius 1 is 0.976 bits per heavy atom. The van der Waals surface area contributed by atoms with Crippen LogP contribution in [0.15, 0.2) is 63.8 Å². The van der Waals surface area contributed by atoms with E-state index < -0.39 is 23.9 Å². The van der Waals surface area contributed by atoms with Gasteiger partial charge in [0, 0.05) is 16.3 Å². The number of unbranched alkanes of at least 4 members (excludes halogenated alkanes) is 1. The van der Waals surface area contributed by atoms with Crippen LogP contribution in [0, 0.1) is 6.92 Å². The average Bonchev–Trinajstić information content (AvgIpc) is 2.97. The maximum atomic E-state index is 13.6. The number of carbonyl (C=O) groups is 2. The number of benzene rings is 3. The number of esters is 1. The standard InChI is InChI=1S/C31H30ClNO8/c1-5-6-13-39-31(36)19-7-10-21(11-8-19)33-27(34)17-40-30-28(35)22-16-23(32)18(2)14-25(22)41-29(30)20-9-12-24(37-3)26(15-20)38-4/h7-12,14-16H,5-6,13,17H2,1-4H3,(H,33,34). The number of carbonyl (C=O) groups excluding carboxylic acids is 2. The van der Waals surface area contributed by atoms with Gasteiger partial charge in [-0.3, -0.25) is 9.59 Å². The Labute approximate surface area is 241 Å². The third-order valence-electron chi connectivity index (χ3n) is 6.26. The molecule has 4 aromatic rings. The lowest BCUT2D eigenvalue weighted by Crippen LogP contribution is -2.22. The number of aryl methyl sites for hydroxylation is 1. The molecule has 0 fully saturated rings. The number of nitrogens with one attached hydrogen (secondary N) is 1. The van der Waals surface area contributed by atoms with E-state index in [4.69, 9.17) is 35.0 Å². The second-order valence-electron chi connectivity index (χ2n) is 9.16. The molecule has 0 aliphatic rings. The fourth-order valence-electron chi connectivity index (χ4n) is 4.01.